The number of ether oxygens (including phenoxy) is 2. The van der Waals surface area contributed by atoms with E-state index in [1.165, 1.54) is 18.7 Å². The van der Waals surface area contributed by atoms with E-state index in [0.29, 0.717) is 37.2 Å². The fourth-order valence-electron chi connectivity index (χ4n) is 4.23. The van der Waals surface area contributed by atoms with Crippen LogP contribution in [0.5, 0.6) is 5.75 Å². The zero-order valence-corrected chi connectivity index (χ0v) is 18.5. The minimum absolute atomic E-state index is 0.115. The molecule has 9 heteroatoms. The first-order valence-corrected chi connectivity index (χ1v) is 11.5. The molecule has 1 amide bonds. The molecule has 8 nitrogen and oxygen atoms in total. The molecule has 2 aliphatic rings. The molecule has 0 saturated carbocycles. The van der Waals surface area contributed by atoms with Crippen LogP contribution in [-0.2, 0) is 29.0 Å². The van der Waals surface area contributed by atoms with Gasteiger partial charge in [-0.3, -0.25) is 14.5 Å². The molecule has 0 aliphatic carbocycles. The minimum Gasteiger partial charge on any atom is -0.491 e. The Balaban J connectivity index is 1.54. The highest BCUT2D eigenvalue weighted by Gasteiger charge is 2.27. The topological polar surface area (TPSA) is 81.1 Å². The standard InChI is InChI=1S/C22H27N3O5S/c1-29-22(28)21-17-4-7-23(14-16-5-12-31-15-16)8-9-25(17)20(27)13-18(21)30-11-10-24-6-2-3-19(24)26/h5,12-13,15H,2-4,6-11,14H2,1H3. The molecular formula is C22H27N3O5S. The van der Waals surface area contributed by atoms with Gasteiger partial charge < -0.3 is 18.9 Å². The van der Waals surface area contributed by atoms with Gasteiger partial charge in [-0.2, -0.15) is 11.3 Å². The molecule has 0 unspecified atom stereocenters. The number of nitrogens with zero attached hydrogens (tertiary/aromatic N) is 3. The van der Waals surface area contributed by atoms with Crippen LogP contribution >= 0.6 is 11.3 Å². The number of carbonyl (C=O) groups is 2. The van der Waals surface area contributed by atoms with Crippen LogP contribution in [0.1, 0.15) is 34.5 Å². The summed E-state index contributed by atoms with van der Waals surface area (Å²) in [5.41, 5.74) is 2.02. The van der Waals surface area contributed by atoms with Crippen molar-refractivity contribution >= 4 is 23.2 Å². The van der Waals surface area contributed by atoms with Gasteiger partial charge in [-0.25, -0.2) is 4.79 Å². The molecular weight excluding hydrogens is 418 g/mol. The molecule has 1 saturated heterocycles. The second-order valence-corrected chi connectivity index (χ2v) is 8.58. The number of carbonyl (C=O) groups excluding carboxylic acids is 2. The summed E-state index contributed by atoms with van der Waals surface area (Å²) in [6.07, 6.45) is 1.97. The number of aromatic nitrogens is 1. The first-order valence-electron chi connectivity index (χ1n) is 10.6. The lowest BCUT2D eigenvalue weighted by atomic mass is 10.1. The van der Waals surface area contributed by atoms with Crippen LogP contribution in [0.25, 0.3) is 0 Å². The third-order valence-electron chi connectivity index (χ3n) is 5.85. The van der Waals surface area contributed by atoms with E-state index in [-0.39, 0.29) is 23.8 Å². The van der Waals surface area contributed by atoms with Crippen molar-refractivity contribution in [3.05, 3.63) is 50.1 Å². The first-order chi connectivity index (χ1) is 15.1. The van der Waals surface area contributed by atoms with E-state index in [0.717, 1.165) is 32.6 Å². The molecule has 166 valence electrons. The monoisotopic (exact) mass is 445 g/mol. The first kappa shape index (κ1) is 21.6. The van der Waals surface area contributed by atoms with Crippen molar-refractivity contribution in [2.45, 2.75) is 32.4 Å². The summed E-state index contributed by atoms with van der Waals surface area (Å²) in [6.45, 7) is 4.15. The van der Waals surface area contributed by atoms with Gasteiger partial charge in [0, 0.05) is 57.3 Å². The highest BCUT2D eigenvalue weighted by Crippen LogP contribution is 2.25. The van der Waals surface area contributed by atoms with Crippen LogP contribution in [0.3, 0.4) is 0 Å². The van der Waals surface area contributed by atoms with Gasteiger partial charge in [0.2, 0.25) is 5.91 Å². The predicted molar refractivity (Wildman–Crippen MR) is 117 cm³/mol. The van der Waals surface area contributed by atoms with Gasteiger partial charge in [-0.1, -0.05) is 0 Å². The third kappa shape index (κ3) is 4.83. The average Bonchev–Trinajstić information content (AvgIpc) is 3.36. The van der Waals surface area contributed by atoms with Crippen molar-refractivity contribution in [2.75, 3.05) is 39.9 Å². The van der Waals surface area contributed by atoms with Crippen LogP contribution in [-0.4, -0.2) is 66.1 Å². The number of methoxy groups -OCH3 is 1. The molecule has 0 spiro atoms. The molecule has 0 radical (unpaired) electrons. The number of pyridine rings is 1. The Morgan fingerprint density at radius 1 is 1.16 bits per heavy atom. The second kappa shape index (κ2) is 9.65. The summed E-state index contributed by atoms with van der Waals surface area (Å²) in [6, 6.07) is 3.47. The molecule has 1 fully saturated rings. The molecule has 4 heterocycles. The van der Waals surface area contributed by atoms with E-state index in [1.807, 2.05) is 0 Å². The van der Waals surface area contributed by atoms with Gasteiger partial charge in [0.1, 0.15) is 17.9 Å². The Morgan fingerprint density at radius 3 is 2.74 bits per heavy atom. The maximum Gasteiger partial charge on any atom is 0.343 e. The maximum atomic E-state index is 12.8. The fraction of sp³-hybridized carbons (Fsp3) is 0.500. The van der Waals surface area contributed by atoms with E-state index >= 15 is 0 Å². The molecule has 2 aliphatic heterocycles. The number of hydrogen-bond acceptors (Lipinski definition) is 7. The van der Waals surface area contributed by atoms with Crippen molar-refractivity contribution in [2.24, 2.45) is 0 Å². The molecule has 0 bridgehead atoms. The van der Waals surface area contributed by atoms with Crippen molar-refractivity contribution < 1.29 is 19.1 Å². The summed E-state index contributed by atoms with van der Waals surface area (Å²) in [5, 5.41) is 4.18. The van der Waals surface area contributed by atoms with E-state index in [1.54, 1.807) is 20.8 Å². The van der Waals surface area contributed by atoms with Gasteiger partial charge in [0.15, 0.2) is 0 Å². The second-order valence-electron chi connectivity index (χ2n) is 7.80. The molecule has 0 N–H and O–H groups in total. The quantitative estimate of drug-likeness (QED) is 0.604. The lowest BCUT2D eigenvalue weighted by molar-refractivity contribution is -0.128. The van der Waals surface area contributed by atoms with Crippen LogP contribution in [0, 0.1) is 0 Å². The van der Waals surface area contributed by atoms with E-state index in [4.69, 9.17) is 9.47 Å². The van der Waals surface area contributed by atoms with Gasteiger partial charge in [-0.15, -0.1) is 0 Å². The van der Waals surface area contributed by atoms with E-state index in [9.17, 15) is 14.4 Å². The Morgan fingerprint density at radius 2 is 2.03 bits per heavy atom. The summed E-state index contributed by atoms with van der Waals surface area (Å²) >= 11 is 1.67. The highest BCUT2D eigenvalue weighted by molar-refractivity contribution is 7.07. The molecule has 0 atom stereocenters. The lowest BCUT2D eigenvalue weighted by Crippen LogP contribution is -2.31. The number of rotatable bonds is 7. The highest BCUT2D eigenvalue weighted by atomic mass is 32.1. The lowest BCUT2D eigenvalue weighted by Gasteiger charge is -2.19. The average molecular weight is 446 g/mol. The molecule has 31 heavy (non-hydrogen) atoms. The Bertz CT molecular complexity index is 1000. The minimum atomic E-state index is -0.512. The largest absolute Gasteiger partial charge is 0.491 e. The van der Waals surface area contributed by atoms with Crippen molar-refractivity contribution in [3.8, 4) is 5.75 Å². The predicted octanol–water partition coefficient (Wildman–Crippen LogP) is 1.76. The van der Waals surface area contributed by atoms with Gasteiger partial charge in [-0.05, 0) is 28.8 Å². The zero-order valence-electron chi connectivity index (χ0n) is 17.7. The van der Waals surface area contributed by atoms with Crippen LogP contribution in [0.15, 0.2) is 27.7 Å². The number of hydrogen-bond donors (Lipinski definition) is 0. The van der Waals surface area contributed by atoms with Crippen LogP contribution < -0.4 is 10.3 Å². The third-order valence-corrected chi connectivity index (χ3v) is 6.58. The number of likely N-dealkylation sites (tertiary alicyclic amines) is 1. The van der Waals surface area contributed by atoms with Gasteiger partial charge >= 0.3 is 5.97 Å². The van der Waals surface area contributed by atoms with Crippen molar-refractivity contribution in [3.63, 3.8) is 0 Å². The summed E-state index contributed by atoms with van der Waals surface area (Å²) < 4.78 is 12.5. The summed E-state index contributed by atoms with van der Waals surface area (Å²) in [7, 11) is 1.33. The normalized spacial score (nSPS) is 16.8. The molecule has 0 aromatic carbocycles. The summed E-state index contributed by atoms with van der Waals surface area (Å²) in [4.78, 5) is 41.3. The number of amides is 1. The van der Waals surface area contributed by atoms with E-state index in [2.05, 4.69) is 21.7 Å². The zero-order chi connectivity index (χ0) is 21.8. The fourth-order valence-corrected chi connectivity index (χ4v) is 4.89. The Kier molecular flexibility index (Phi) is 6.72. The molecule has 2 aromatic rings. The van der Waals surface area contributed by atoms with Crippen LogP contribution in [0.2, 0.25) is 0 Å². The van der Waals surface area contributed by atoms with Crippen molar-refractivity contribution in [1.82, 2.24) is 14.4 Å². The number of thiophene rings is 1. The van der Waals surface area contributed by atoms with Crippen molar-refractivity contribution in [1.29, 1.82) is 0 Å². The number of esters is 1. The summed E-state index contributed by atoms with van der Waals surface area (Å²) in [5.74, 6) is -0.159. The number of fused-ring (bicyclic) bond motifs is 1. The molecule has 4 rings (SSSR count). The van der Waals surface area contributed by atoms with Crippen LogP contribution in [0.4, 0.5) is 0 Å². The molecule has 2 aromatic heterocycles. The Hall–Kier alpha value is -2.65. The Labute approximate surface area is 185 Å². The van der Waals surface area contributed by atoms with Gasteiger partial charge in [0.25, 0.3) is 5.56 Å². The smallest absolute Gasteiger partial charge is 0.343 e. The van der Waals surface area contributed by atoms with Gasteiger partial charge in [0.05, 0.1) is 13.7 Å². The maximum absolute atomic E-state index is 12.8. The SMILES string of the molecule is COC(=O)c1c(OCCN2CCCC2=O)cc(=O)n2c1CCN(Cc1ccsc1)CC2. The van der Waals surface area contributed by atoms with E-state index < -0.39 is 5.97 Å².